The first kappa shape index (κ1) is 15.4. The third kappa shape index (κ3) is 2.66. The second kappa shape index (κ2) is 6.07. The van der Waals surface area contributed by atoms with Crippen molar-refractivity contribution in [2.75, 3.05) is 0 Å². The van der Waals surface area contributed by atoms with Crippen LogP contribution in [0.15, 0.2) is 61.2 Å². The molecule has 0 bridgehead atoms. The van der Waals surface area contributed by atoms with E-state index in [0.29, 0.717) is 22.5 Å². The third-order valence-electron chi connectivity index (χ3n) is 4.09. The summed E-state index contributed by atoms with van der Waals surface area (Å²) in [7, 11) is 0. The molecular weight excluding hydrogens is 324 g/mol. The molecule has 0 aliphatic carbocycles. The second-order valence-electron chi connectivity index (χ2n) is 5.59. The van der Waals surface area contributed by atoms with E-state index in [4.69, 9.17) is 0 Å². The van der Waals surface area contributed by atoms with Crippen LogP contribution in [-0.2, 0) is 6.61 Å². The van der Waals surface area contributed by atoms with Crippen LogP contribution in [0.5, 0.6) is 0 Å². The minimum absolute atomic E-state index is 0.238. The molecule has 1 N–H and O–H groups in total. The summed E-state index contributed by atoms with van der Waals surface area (Å²) < 4.78 is 29.5. The Morgan fingerprint density at radius 3 is 2.64 bits per heavy atom. The SMILES string of the molecule is OCc1c(F)cccc1-c1ccc2nc(-c3ccncc3F)cn2c1. The number of aliphatic hydroxyl groups is 1. The smallest absolute Gasteiger partial charge is 0.150 e. The third-order valence-corrected chi connectivity index (χ3v) is 4.09. The summed E-state index contributed by atoms with van der Waals surface area (Å²) in [6, 6.07) is 9.78. The van der Waals surface area contributed by atoms with Gasteiger partial charge < -0.3 is 9.51 Å². The zero-order valence-corrected chi connectivity index (χ0v) is 13.0. The van der Waals surface area contributed by atoms with Gasteiger partial charge in [0.2, 0.25) is 0 Å². The lowest BCUT2D eigenvalue weighted by molar-refractivity contribution is 0.276. The topological polar surface area (TPSA) is 50.4 Å². The average Bonchev–Trinajstić information content (AvgIpc) is 3.04. The Labute approximate surface area is 142 Å². The maximum Gasteiger partial charge on any atom is 0.150 e. The van der Waals surface area contributed by atoms with Crippen LogP contribution in [0.1, 0.15) is 5.56 Å². The van der Waals surface area contributed by atoms with E-state index in [1.165, 1.54) is 12.3 Å². The average molecular weight is 337 g/mol. The Bertz CT molecular complexity index is 1080. The minimum atomic E-state index is -0.453. The molecule has 6 heteroatoms. The molecule has 0 saturated carbocycles. The highest BCUT2D eigenvalue weighted by molar-refractivity contribution is 5.70. The predicted molar refractivity (Wildman–Crippen MR) is 89.7 cm³/mol. The number of pyridine rings is 2. The van der Waals surface area contributed by atoms with Gasteiger partial charge in [-0.1, -0.05) is 12.1 Å². The maximum atomic E-state index is 13.9. The Hall–Kier alpha value is -3.12. The normalized spacial score (nSPS) is 11.2. The summed E-state index contributed by atoms with van der Waals surface area (Å²) >= 11 is 0. The summed E-state index contributed by atoms with van der Waals surface area (Å²) in [5.41, 5.74) is 3.06. The highest BCUT2D eigenvalue weighted by Crippen LogP contribution is 2.28. The molecule has 124 valence electrons. The molecule has 0 spiro atoms. The zero-order valence-electron chi connectivity index (χ0n) is 13.0. The number of hydrogen-bond donors (Lipinski definition) is 1. The van der Waals surface area contributed by atoms with Gasteiger partial charge in [-0.3, -0.25) is 4.98 Å². The Kier molecular flexibility index (Phi) is 3.74. The second-order valence-corrected chi connectivity index (χ2v) is 5.59. The van der Waals surface area contributed by atoms with E-state index >= 15 is 0 Å². The predicted octanol–water partition coefficient (Wildman–Crippen LogP) is 3.83. The van der Waals surface area contributed by atoms with E-state index in [1.807, 2.05) is 0 Å². The Morgan fingerprint density at radius 2 is 1.84 bits per heavy atom. The van der Waals surface area contributed by atoms with E-state index in [1.54, 1.807) is 47.1 Å². The van der Waals surface area contributed by atoms with Gasteiger partial charge in [-0.05, 0) is 35.4 Å². The fourth-order valence-corrected chi connectivity index (χ4v) is 2.85. The van der Waals surface area contributed by atoms with Crippen LogP contribution in [0.2, 0.25) is 0 Å². The van der Waals surface area contributed by atoms with E-state index in [2.05, 4.69) is 9.97 Å². The standard InChI is InChI=1S/C19H13F2N3O/c20-16-3-1-2-13(15(16)11-25)12-4-5-19-23-18(10-24(19)9-12)14-6-7-22-8-17(14)21/h1-10,25H,11H2. The van der Waals surface area contributed by atoms with Gasteiger partial charge >= 0.3 is 0 Å². The van der Waals surface area contributed by atoms with Crippen molar-refractivity contribution in [2.45, 2.75) is 6.61 Å². The van der Waals surface area contributed by atoms with Crippen molar-refractivity contribution in [3.05, 3.63) is 78.4 Å². The molecule has 0 fully saturated rings. The highest BCUT2D eigenvalue weighted by Gasteiger charge is 2.12. The van der Waals surface area contributed by atoms with E-state index in [9.17, 15) is 13.9 Å². The summed E-state index contributed by atoms with van der Waals surface area (Å²) in [5.74, 6) is -0.899. The molecule has 0 atom stereocenters. The molecule has 0 saturated heterocycles. The van der Waals surface area contributed by atoms with Crippen molar-refractivity contribution in [1.82, 2.24) is 14.4 Å². The van der Waals surface area contributed by atoms with Gasteiger partial charge in [0, 0.05) is 29.7 Å². The van der Waals surface area contributed by atoms with Crippen LogP contribution in [0.4, 0.5) is 8.78 Å². The molecule has 0 amide bonds. The van der Waals surface area contributed by atoms with Gasteiger partial charge in [0.15, 0.2) is 5.82 Å². The van der Waals surface area contributed by atoms with Gasteiger partial charge in [0.05, 0.1) is 18.5 Å². The van der Waals surface area contributed by atoms with Crippen LogP contribution in [0, 0.1) is 11.6 Å². The molecule has 1 aromatic carbocycles. The lowest BCUT2D eigenvalue weighted by atomic mass is 10.0. The molecule has 0 unspecified atom stereocenters. The first-order valence-electron chi connectivity index (χ1n) is 7.64. The van der Waals surface area contributed by atoms with Gasteiger partial charge in [-0.25, -0.2) is 13.8 Å². The number of nitrogens with zero attached hydrogens (tertiary/aromatic N) is 3. The number of imidazole rings is 1. The number of halogens is 2. The van der Waals surface area contributed by atoms with E-state index in [0.717, 1.165) is 11.8 Å². The molecule has 4 aromatic rings. The van der Waals surface area contributed by atoms with Crippen LogP contribution in [0.3, 0.4) is 0 Å². The summed E-state index contributed by atoms with van der Waals surface area (Å²) in [6.45, 7) is -0.391. The fraction of sp³-hybridized carbons (Fsp3) is 0.0526. The quantitative estimate of drug-likeness (QED) is 0.618. The number of aliphatic hydroxyl groups excluding tert-OH is 1. The van der Waals surface area contributed by atoms with Crippen LogP contribution < -0.4 is 0 Å². The van der Waals surface area contributed by atoms with Gasteiger partial charge in [-0.2, -0.15) is 0 Å². The van der Waals surface area contributed by atoms with E-state index < -0.39 is 18.2 Å². The summed E-state index contributed by atoms with van der Waals surface area (Å²) in [6.07, 6.45) is 6.13. The molecule has 4 rings (SSSR count). The Morgan fingerprint density at radius 1 is 0.960 bits per heavy atom. The first-order valence-corrected chi connectivity index (χ1v) is 7.64. The van der Waals surface area contributed by atoms with Gasteiger partial charge in [0.25, 0.3) is 0 Å². The summed E-state index contributed by atoms with van der Waals surface area (Å²) in [4.78, 5) is 8.15. The van der Waals surface area contributed by atoms with Crippen molar-refractivity contribution in [3.63, 3.8) is 0 Å². The van der Waals surface area contributed by atoms with Gasteiger partial charge in [0.1, 0.15) is 11.5 Å². The largest absolute Gasteiger partial charge is 0.392 e. The van der Waals surface area contributed by atoms with E-state index in [-0.39, 0.29) is 5.56 Å². The van der Waals surface area contributed by atoms with Crippen LogP contribution in [-0.4, -0.2) is 19.5 Å². The number of hydrogen-bond acceptors (Lipinski definition) is 3. The number of rotatable bonds is 3. The number of aromatic nitrogens is 3. The van der Waals surface area contributed by atoms with Crippen molar-refractivity contribution in [1.29, 1.82) is 0 Å². The molecule has 0 aliphatic rings. The van der Waals surface area contributed by atoms with Crippen molar-refractivity contribution >= 4 is 5.65 Å². The molecule has 3 heterocycles. The molecule has 4 nitrogen and oxygen atoms in total. The van der Waals surface area contributed by atoms with Crippen LogP contribution in [0.25, 0.3) is 28.0 Å². The van der Waals surface area contributed by atoms with Crippen molar-refractivity contribution < 1.29 is 13.9 Å². The minimum Gasteiger partial charge on any atom is -0.392 e. The molecule has 0 radical (unpaired) electrons. The fourth-order valence-electron chi connectivity index (χ4n) is 2.85. The zero-order chi connectivity index (χ0) is 17.4. The van der Waals surface area contributed by atoms with Crippen LogP contribution >= 0.6 is 0 Å². The van der Waals surface area contributed by atoms with Crippen molar-refractivity contribution in [3.8, 4) is 22.4 Å². The van der Waals surface area contributed by atoms with Crippen molar-refractivity contribution in [2.24, 2.45) is 0 Å². The monoisotopic (exact) mass is 337 g/mol. The maximum absolute atomic E-state index is 13.9. The molecular formula is C19H13F2N3O. The molecule has 25 heavy (non-hydrogen) atoms. The highest BCUT2D eigenvalue weighted by atomic mass is 19.1. The molecule has 3 aromatic heterocycles. The lowest BCUT2D eigenvalue weighted by Crippen LogP contribution is -1.95. The lowest BCUT2D eigenvalue weighted by Gasteiger charge is -2.09. The Balaban J connectivity index is 1.85. The number of benzene rings is 1. The summed E-state index contributed by atoms with van der Waals surface area (Å²) in [5, 5.41) is 9.45. The van der Waals surface area contributed by atoms with Gasteiger partial charge in [-0.15, -0.1) is 0 Å². The molecule has 0 aliphatic heterocycles. The first-order chi connectivity index (χ1) is 12.2. The number of fused-ring (bicyclic) bond motifs is 1.